The first-order valence-electron chi connectivity index (χ1n) is 6.58. The Hall–Kier alpha value is -1.55. The second-order valence-corrected chi connectivity index (χ2v) is 5.18. The average molecular weight is 282 g/mol. The number of hydrogen-bond acceptors (Lipinski definition) is 1. The Labute approximate surface area is 116 Å². The first kappa shape index (κ1) is 14.9. The zero-order valence-electron chi connectivity index (χ0n) is 11.5. The van der Waals surface area contributed by atoms with Crippen molar-refractivity contribution in [1.82, 2.24) is 0 Å². The van der Waals surface area contributed by atoms with Crippen molar-refractivity contribution in [2.45, 2.75) is 38.5 Å². The summed E-state index contributed by atoms with van der Waals surface area (Å²) < 4.78 is 39.0. The fourth-order valence-electron chi connectivity index (χ4n) is 2.35. The van der Waals surface area contributed by atoms with E-state index < -0.39 is 11.8 Å². The van der Waals surface area contributed by atoms with E-state index in [1.807, 2.05) is 12.1 Å². The molecule has 1 atom stereocenters. The maximum atomic E-state index is 13.0. The number of hydrogen-bond donors (Lipinski definition) is 1. The van der Waals surface area contributed by atoms with Gasteiger partial charge in [-0.15, -0.1) is 0 Å². The summed E-state index contributed by atoms with van der Waals surface area (Å²) in [5, 5.41) is 11.0. The molecule has 2 aromatic rings. The second kappa shape index (κ2) is 5.09. The van der Waals surface area contributed by atoms with Crippen LogP contribution < -0.4 is 0 Å². The van der Waals surface area contributed by atoms with E-state index in [9.17, 15) is 18.3 Å². The van der Waals surface area contributed by atoms with E-state index in [0.717, 1.165) is 30.7 Å². The predicted octanol–water partition coefficient (Wildman–Crippen LogP) is 4.56. The van der Waals surface area contributed by atoms with Gasteiger partial charge in [-0.25, -0.2) is 0 Å². The number of fused-ring (bicyclic) bond motifs is 1. The largest absolute Gasteiger partial charge is 0.421 e. The molecule has 2 rings (SSSR count). The minimum Gasteiger partial charge on any atom is -0.376 e. The molecule has 0 heterocycles. The van der Waals surface area contributed by atoms with Crippen molar-refractivity contribution in [2.24, 2.45) is 0 Å². The molecule has 0 saturated carbocycles. The highest BCUT2D eigenvalue weighted by atomic mass is 19.4. The summed E-state index contributed by atoms with van der Waals surface area (Å²) >= 11 is 0. The van der Waals surface area contributed by atoms with E-state index in [2.05, 4.69) is 6.92 Å². The molecule has 0 aliphatic heterocycles. The van der Waals surface area contributed by atoms with Crippen molar-refractivity contribution >= 4 is 10.8 Å². The Kier molecular flexibility index (Phi) is 3.78. The SMILES string of the molecule is CCCc1ccc2c(C(C)(O)C(F)(F)F)cccc2c1. The van der Waals surface area contributed by atoms with Crippen LogP contribution in [0.15, 0.2) is 36.4 Å². The van der Waals surface area contributed by atoms with Gasteiger partial charge in [-0.2, -0.15) is 13.2 Å². The Morgan fingerprint density at radius 3 is 2.40 bits per heavy atom. The van der Waals surface area contributed by atoms with Gasteiger partial charge in [-0.05, 0) is 29.7 Å². The van der Waals surface area contributed by atoms with Gasteiger partial charge in [-0.1, -0.05) is 49.7 Å². The molecule has 1 N–H and O–H groups in total. The molecule has 0 radical (unpaired) electrons. The molecule has 108 valence electrons. The van der Waals surface area contributed by atoms with Crippen LogP contribution in [-0.4, -0.2) is 11.3 Å². The van der Waals surface area contributed by atoms with E-state index in [0.29, 0.717) is 5.39 Å². The topological polar surface area (TPSA) is 20.2 Å². The lowest BCUT2D eigenvalue weighted by Crippen LogP contribution is -2.39. The van der Waals surface area contributed by atoms with Gasteiger partial charge in [0.2, 0.25) is 0 Å². The van der Waals surface area contributed by atoms with Crippen molar-refractivity contribution < 1.29 is 18.3 Å². The summed E-state index contributed by atoms with van der Waals surface area (Å²) in [4.78, 5) is 0. The van der Waals surface area contributed by atoms with Crippen LogP contribution in [0.4, 0.5) is 13.2 Å². The quantitative estimate of drug-likeness (QED) is 0.874. The van der Waals surface area contributed by atoms with Gasteiger partial charge >= 0.3 is 6.18 Å². The van der Waals surface area contributed by atoms with E-state index in [4.69, 9.17) is 0 Å². The Morgan fingerprint density at radius 1 is 1.10 bits per heavy atom. The minimum atomic E-state index is -4.70. The third-order valence-electron chi connectivity index (χ3n) is 3.56. The third kappa shape index (κ3) is 2.52. The van der Waals surface area contributed by atoms with E-state index in [1.165, 1.54) is 6.07 Å². The van der Waals surface area contributed by atoms with Crippen LogP contribution in [0.5, 0.6) is 0 Å². The molecule has 0 aliphatic rings. The molecular formula is C16H17F3O. The fraction of sp³-hybridized carbons (Fsp3) is 0.375. The van der Waals surface area contributed by atoms with Crippen molar-refractivity contribution in [2.75, 3.05) is 0 Å². The summed E-state index contributed by atoms with van der Waals surface area (Å²) in [5.41, 5.74) is -1.87. The molecule has 0 aromatic heterocycles. The second-order valence-electron chi connectivity index (χ2n) is 5.18. The molecule has 2 aromatic carbocycles. The van der Waals surface area contributed by atoms with Crippen LogP contribution in [0.1, 0.15) is 31.4 Å². The standard InChI is InChI=1S/C16H17F3O/c1-3-5-11-8-9-13-12(10-11)6-4-7-14(13)15(2,20)16(17,18)19/h4,6-10,20H,3,5H2,1-2H3. The molecule has 1 unspecified atom stereocenters. The summed E-state index contributed by atoms with van der Waals surface area (Å²) in [5.74, 6) is 0. The summed E-state index contributed by atoms with van der Waals surface area (Å²) in [6.07, 6.45) is -2.84. The molecule has 0 aliphatic carbocycles. The highest BCUT2D eigenvalue weighted by Crippen LogP contribution is 2.41. The molecule has 0 spiro atoms. The molecule has 0 bridgehead atoms. The fourth-order valence-corrected chi connectivity index (χ4v) is 2.35. The van der Waals surface area contributed by atoms with Gasteiger partial charge < -0.3 is 5.11 Å². The van der Waals surface area contributed by atoms with Crippen LogP contribution in [-0.2, 0) is 12.0 Å². The first-order valence-corrected chi connectivity index (χ1v) is 6.58. The third-order valence-corrected chi connectivity index (χ3v) is 3.56. The molecule has 1 nitrogen and oxygen atoms in total. The number of alkyl halides is 3. The zero-order chi connectivity index (χ0) is 15.0. The van der Waals surface area contributed by atoms with E-state index in [-0.39, 0.29) is 5.56 Å². The maximum Gasteiger partial charge on any atom is 0.421 e. The molecule has 4 heteroatoms. The smallest absolute Gasteiger partial charge is 0.376 e. The van der Waals surface area contributed by atoms with Crippen LogP contribution >= 0.6 is 0 Å². The Morgan fingerprint density at radius 2 is 1.80 bits per heavy atom. The lowest BCUT2D eigenvalue weighted by molar-refractivity contribution is -0.258. The highest BCUT2D eigenvalue weighted by molar-refractivity contribution is 5.87. The maximum absolute atomic E-state index is 13.0. The average Bonchev–Trinajstić information content (AvgIpc) is 2.36. The number of aryl methyl sites for hydroxylation is 1. The first-order chi connectivity index (χ1) is 9.27. The molecular weight excluding hydrogens is 265 g/mol. The minimum absolute atomic E-state index is 0.106. The lowest BCUT2D eigenvalue weighted by Gasteiger charge is -2.28. The van der Waals surface area contributed by atoms with Gasteiger partial charge in [0.25, 0.3) is 0 Å². The van der Waals surface area contributed by atoms with E-state index in [1.54, 1.807) is 18.2 Å². The van der Waals surface area contributed by atoms with E-state index >= 15 is 0 Å². The predicted molar refractivity (Wildman–Crippen MR) is 73.6 cm³/mol. The number of benzene rings is 2. The van der Waals surface area contributed by atoms with Crippen LogP contribution in [0.3, 0.4) is 0 Å². The van der Waals surface area contributed by atoms with Gasteiger partial charge in [0.15, 0.2) is 5.60 Å². The summed E-state index contributed by atoms with van der Waals surface area (Å²) in [7, 11) is 0. The number of rotatable bonds is 3. The van der Waals surface area contributed by atoms with Crippen molar-refractivity contribution in [3.05, 3.63) is 47.5 Å². The molecule has 0 fully saturated rings. The van der Waals surface area contributed by atoms with Crippen LogP contribution in [0.25, 0.3) is 10.8 Å². The molecule has 20 heavy (non-hydrogen) atoms. The molecule has 0 saturated heterocycles. The summed E-state index contributed by atoms with van der Waals surface area (Å²) in [6.45, 7) is 2.84. The van der Waals surface area contributed by atoms with Crippen LogP contribution in [0.2, 0.25) is 0 Å². The normalized spacial score (nSPS) is 15.3. The number of halogens is 3. The van der Waals surface area contributed by atoms with Crippen molar-refractivity contribution in [3.8, 4) is 0 Å². The lowest BCUT2D eigenvalue weighted by atomic mass is 9.89. The van der Waals surface area contributed by atoms with Crippen molar-refractivity contribution in [1.29, 1.82) is 0 Å². The zero-order valence-corrected chi connectivity index (χ0v) is 11.5. The Balaban J connectivity index is 2.61. The van der Waals surface area contributed by atoms with Crippen molar-refractivity contribution in [3.63, 3.8) is 0 Å². The molecule has 0 amide bonds. The highest BCUT2D eigenvalue weighted by Gasteiger charge is 2.51. The Bertz CT molecular complexity index is 615. The van der Waals surface area contributed by atoms with Gasteiger partial charge in [0.1, 0.15) is 0 Å². The van der Waals surface area contributed by atoms with Gasteiger partial charge in [0, 0.05) is 5.56 Å². The summed E-state index contributed by atoms with van der Waals surface area (Å²) in [6, 6.07) is 10.0. The number of aliphatic hydroxyl groups is 1. The van der Waals surface area contributed by atoms with Gasteiger partial charge in [0.05, 0.1) is 0 Å². The monoisotopic (exact) mass is 282 g/mol. The van der Waals surface area contributed by atoms with Gasteiger partial charge in [-0.3, -0.25) is 0 Å². The van der Waals surface area contributed by atoms with Crippen LogP contribution in [0, 0.1) is 0 Å².